The van der Waals surface area contributed by atoms with Crippen LogP contribution in [0.15, 0.2) is 42.6 Å². The normalized spacial score (nSPS) is 31.1. The number of aryl methyl sites for hydroxylation is 2. The summed E-state index contributed by atoms with van der Waals surface area (Å²) < 4.78 is 1.74. The molecule has 1 amide bonds. The molecular weight excluding hydrogens is 350 g/mol. The van der Waals surface area contributed by atoms with Gasteiger partial charge in [0.05, 0.1) is 11.7 Å². The minimum absolute atomic E-state index is 0.158. The summed E-state index contributed by atoms with van der Waals surface area (Å²) in [5.41, 5.74) is 3.01. The SMILES string of the molecule is Cc1ccc([C@@H]2CN(C(=O)C(=O)c3cccn3C)[C@@H]3C4CCN(CC4)[C@@H]32)cc1. The van der Waals surface area contributed by atoms with Crippen molar-refractivity contribution in [1.82, 2.24) is 14.4 Å². The number of rotatable bonds is 3. The van der Waals surface area contributed by atoms with Gasteiger partial charge in [-0.15, -0.1) is 0 Å². The Morgan fingerprint density at radius 1 is 1.00 bits per heavy atom. The van der Waals surface area contributed by atoms with E-state index < -0.39 is 0 Å². The van der Waals surface area contributed by atoms with Gasteiger partial charge in [-0.2, -0.15) is 0 Å². The van der Waals surface area contributed by atoms with Gasteiger partial charge in [0.1, 0.15) is 0 Å². The molecule has 2 aromatic rings. The van der Waals surface area contributed by atoms with Crippen molar-refractivity contribution in [2.75, 3.05) is 19.6 Å². The van der Waals surface area contributed by atoms with Gasteiger partial charge >= 0.3 is 0 Å². The van der Waals surface area contributed by atoms with Crippen molar-refractivity contribution in [2.45, 2.75) is 37.8 Å². The molecule has 0 spiro atoms. The third kappa shape index (κ3) is 2.64. The zero-order chi connectivity index (χ0) is 19.4. The van der Waals surface area contributed by atoms with Crippen LogP contribution in [0, 0.1) is 12.8 Å². The molecule has 4 aliphatic heterocycles. The minimum Gasteiger partial charge on any atom is -0.348 e. The molecule has 0 radical (unpaired) electrons. The van der Waals surface area contributed by atoms with Crippen LogP contribution in [0.2, 0.25) is 0 Å². The smallest absolute Gasteiger partial charge is 0.296 e. The highest BCUT2D eigenvalue weighted by atomic mass is 16.2. The third-order valence-corrected chi connectivity index (χ3v) is 7.13. The van der Waals surface area contributed by atoms with E-state index in [9.17, 15) is 9.59 Å². The predicted octanol–water partition coefficient (Wildman–Crippen LogP) is 2.61. The Balaban J connectivity index is 1.50. The maximum atomic E-state index is 13.3. The van der Waals surface area contributed by atoms with Gasteiger partial charge in [-0.1, -0.05) is 29.8 Å². The molecule has 4 saturated heterocycles. The number of nitrogens with zero attached hydrogens (tertiary/aromatic N) is 3. The van der Waals surface area contributed by atoms with E-state index in [0.29, 0.717) is 24.2 Å². The minimum atomic E-state index is -0.382. The van der Waals surface area contributed by atoms with Crippen molar-refractivity contribution < 1.29 is 9.59 Å². The molecule has 28 heavy (non-hydrogen) atoms. The molecule has 0 unspecified atom stereocenters. The predicted molar refractivity (Wildman–Crippen MR) is 107 cm³/mol. The van der Waals surface area contributed by atoms with Crippen LogP contribution in [-0.4, -0.2) is 57.8 Å². The molecule has 146 valence electrons. The van der Waals surface area contributed by atoms with E-state index in [0.717, 1.165) is 25.9 Å². The lowest BCUT2D eigenvalue weighted by atomic mass is 9.75. The van der Waals surface area contributed by atoms with Gasteiger partial charge in [-0.25, -0.2) is 0 Å². The molecular formula is C23H27N3O2. The molecule has 1 aromatic heterocycles. The monoisotopic (exact) mass is 377 g/mol. The van der Waals surface area contributed by atoms with Gasteiger partial charge in [0, 0.05) is 31.7 Å². The second kappa shape index (κ2) is 6.59. The van der Waals surface area contributed by atoms with E-state index >= 15 is 0 Å². The van der Waals surface area contributed by atoms with Crippen LogP contribution in [-0.2, 0) is 11.8 Å². The molecule has 0 saturated carbocycles. The zero-order valence-electron chi connectivity index (χ0n) is 16.5. The maximum Gasteiger partial charge on any atom is 0.296 e. The Labute approximate surface area is 165 Å². The summed E-state index contributed by atoms with van der Waals surface area (Å²) in [4.78, 5) is 30.7. The first-order valence-electron chi connectivity index (χ1n) is 10.3. The molecule has 5 heterocycles. The highest BCUT2D eigenvalue weighted by molar-refractivity contribution is 6.42. The molecule has 4 aliphatic rings. The van der Waals surface area contributed by atoms with Crippen molar-refractivity contribution in [3.05, 3.63) is 59.4 Å². The second-order valence-corrected chi connectivity index (χ2v) is 8.66. The van der Waals surface area contributed by atoms with Crippen molar-refractivity contribution in [3.63, 3.8) is 0 Å². The van der Waals surface area contributed by atoms with Gasteiger partial charge in [-0.05, 0) is 56.5 Å². The number of Topliss-reactive ketones (excluding diaryl/α,β-unsaturated/α-hetero) is 1. The lowest BCUT2D eigenvalue weighted by molar-refractivity contribution is -0.131. The maximum absolute atomic E-state index is 13.3. The van der Waals surface area contributed by atoms with Crippen LogP contribution >= 0.6 is 0 Å². The number of likely N-dealkylation sites (tertiary alicyclic amines) is 1. The highest BCUT2D eigenvalue weighted by Crippen LogP contribution is 2.46. The fourth-order valence-electron chi connectivity index (χ4n) is 5.70. The summed E-state index contributed by atoms with van der Waals surface area (Å²) in [6, 6.07) is 12.8. The van der Waals surface area contributed by atoms with Gasteiger partial charge < -0.3 is 9.47 Å². The Kier molecular flexibility index (Phi) is 4.16. The number of aromatic nitrogens is 1. The van der Waals surface area contributed by atoms with Gasteiger partial charge in [0.25, 0.3) is 11.7 Å². The molecule has 0 N–H and O–H groups in total. The molecule has 5 heteroatoms. The molecule has 6 rings (SSSR count). The van der Waals surface area contributed by atoms with E-state index in [1.54, 1.807) is 10.6 Å². The number of hydrogen-bond donors (Lipinski definition) is 0. The Bertz CT molecular complexity index is 908. The number of piperidine rings is 3. The first-order valence-corrected chi connectivity index (χ1v) is 10.3. The van der Waals surface area contributed by atoms with Gasteiger partial charge in [0.15, 0.2) is 0 Å². The van der Waals surface area contributed by atoms with Crippen molar-refractivity contribution in [2.24, 2.45) is 13.0 Å². The van der Waals surface area contributed by atoms with E-state index in [1.807, 2.05) is 24.2 Å². The summed E-state index contributed by atoms with van der Waals surface area (Å²) in [6.07, 6.45) is 4.07. The fourth-order valence-corrected chi connectivity index (χ4v) is 5.70. The number of ketones is 1. The van der Waals surface area contributed by atoms with Crippen molar-refractivity contribution in [1.29, 1.82) is 0 Å². The standard InChI is InChI=1S/C23H27N3O2/c1-15-5-7-16(8-6-15)18-14-26(20-17-9-12-25(13-10-17)21(18)20)23(28)22(27)19-4-3-11-24(19)2/h3-8,11,17-18,20-21H,9-10,12-14H2,1-2H3/t18-,20+,21+/m0/s1. The van der Waals surface area contributed by atoms with Crippen molar-refractivity contribution >= 4 is 11.7 Å². The summed E-state index contributed by atoms with van der Waals surface area (Å²) in [6.45, 7) is 4.96. The highest BCUT2D eigenvalue weighted by Gasteiger charge is 2.55. The van der Waals surface area contributed by atoms with Crippen LogP contribution in [0.5, 0.6) is 0 Å². The van der Waals surface area contributed by atoms with E-state index in [4.69, 9.17) is 0 Å². The van der Waals surface area contributed by atoms with E-state index in [-0.39, 0.29) is 23.7 Å². The topological polar surface area (TPSA) is 45.6 Å². The van der Waals surface area contributed by atoms with Gasteiger partial charge in [-0.3, -0.25) is 14.5 Å². The average molecular weight is 377 g/mol. The summed E-state index contributed by atoms with van der Waals surface area (Å²) in [7, 11) is 1.82. The fraction of sp³-hybridized carbons (Fsp3) is 0.478. The van der Waals surface area contributed by atoms with Crippen LogP contribution in [0.4, 0.5) is 0 Å². The summed E-state index contributed by atoms with van der Waals surface area (Å²) >= 11 is 0. The zero-order valence-corrected chi connectivity index (χ0v) is 16.5. The Hall–Kier alpha value is -2.40. The largest absolute Gasteiger partial charge is 0.348 e. The summed E-state index contributed by atoms with van der Waals surface area (Å²) in [5, 5.41) is 0. The Morgan fingerprint density at radius 2 is 1.71 bits per heavy atom. The van der Waals surface area contributed by atoms with Crippen LogP contribution in [0.25, 0.3) is 0 Å². The van der Waals surface area contributed by atoms with Crippen molar-refractivity contribution in [3.8, 4) is 0 Å². The number of carbonyl (C=O) groups is 2. The van der Waals surface area contributed by atoms with Crippen LogP contribution in [0.3, 0.4) is 0 Å². The molecule has 5 nitrogen and oxygen atoms in total. The average Bonchev–Trinajstić information content (AvgIpc) is 3.34. The van der Waals surface area contributed by atoms with E-state index in [2.05, 4.69) is 36.1 Å². The lowest BCUT2D eigenvalue weighted by Crippen LogP contribution is -2.61. The van der Waals surface area contributed by atoms with Crippen LogP contribution in [0.1, 0.15) is 40.4 Å². The molecule has 0 aliphatic carbocycles. The van der Waals surface area contributed by atoms with Gasteiger partial charge in [0.2, 0.25) is 0 Å². The molecule has 4 fully saturated rings. The Morgan fingerprint density at radius 3 is 2.36 bits per heavy atom. The lowest BCUT2D eigenvalue weighted by Gasteiger charge is -2.51. The number of amides is 1. The number of carbonyl (C=O) groups excluding carboxylic acids is 2. The molecule has 1 aromatic carbocycles. The number of benzene rings is 1. The van der Waals surface area contributed by atoms with E-state index in [1.165, 1.54) is 11.1 Å². The quantitative estimate of drug-likeness (QED) is 0.610. The first-order chi connectivity index (χ1) is 13.5. The van der Waals surface area contributed by atoms with Crippen LogP contribution < -0.4 is 0 Å². The second-order valence-electron chi connectivity index (χ2n) is 8.66. The third-order valence-electron chi connectivity index (χ3n) is 7.13. The molecule has 3 atom stereocenters. The summed E-state index contributed by atoms with van der Waals surface area (Å²) in [5.74, 6) is 0.0712. The number of fused-ring (bicyclic) bond motifs is 2. The molecule has 2 bridgehead atoms. The number of hydrogen-bond acceptors (Lipinski definition) is 3. The first kappa shape index (κ1) is 17.7.